The van der Waals surface area contributed by atoms with Gasteiger partial charge in [0.05, 0.1) is 41.8 Å². The summed E-state index contributed by atoms with van der Waals surface area (Å²) >= 11 is 0. The van der Waals surface area contributed by atoms with E-state index in [0.717, 1.165) is 16.9 Å². The molecule has 2 N–H and O–H groups in total. The number of likely N-dealkylation sites (tertiary alicyclic amines) is 1. The predicted molar refractivity (Wildman–Crippen MR) is 144 cm³/mol. The quantitative estimate of drug-likeness (QED) is 0.403. The van der Waals surface area contributed by atoms with Crippen molar-refractivity contribution in [3.05, 3.63) is 71.6 Å². The molecule has 2 amide bonds. The number of rotatable bonds is 2. The molecule has 11 heteroatoms. The highest BCUT2D eigenvalue weighted by molar-refractivity contribution is 6.33. The van der Waals surface area contributed by atoms with E-state index in [1.807, 2.05) is 39.6 Å². The molecular weight excluding hydrogens is 518 g/mol. The number of aromatic nitrogens is 3. The Morgan fingerprint density at radius 2 is 2.05 bits per heavy atom. The normalized spacial score (nSPS) is 23.3. The van der Waals surface area contributed by atoms with Gasteiger partial charge in [-0.15, -0.1) is 0 Å². The van der Waals surface area contributed by atoms with Gasteiger partial charge in [0.2, 0.25) is 0 Å². The van der Waals surface area contributed by atoms with Gasteiger partial charge in [0.15, 0.2) is 5.78 Å². The molecule has 1 saturated heterocycles. The molecule has 9 nitrogen and oxygen atoms in total. The van der Waals surface area contributed by atoms with Crippen molar-refractivity contribution in [1.29, 1.82) is 0 Å². The van der Waals surface area contributed by atoms with Crippen LogP contribution in [0.5, 0.6) is 0 Å². The van der Waals surface area contributed by atoms with E-state index in [2.05, 4.69) is 10.3 Å². The molecule has 3 aromatic heterocycles. The SMILES string of the molecule is CC1(F)CCN(C(=O)N2CCn3cc(C4=C(c5cnc6ccccn56)NCC4=O)c4cc(F)cc(c43)C2)CC1O. The molecule has 0 spiro atoms. The summed E-state index contributed by atoms with van der Waals surface area (Å²) in [5.74, 6) is -0.559. The van der Waals surface area contributed by atoms with Crippen LogP contribution in [0.15, 0.2) is 48.9 Å². The number of carbonyl (C=O) groups is 2. The molecule has 3 aliphatic rings. The molecule has 0 bridgehead atoms. The van der Waals surface area contributed by atoms with E-state index < -0.39 is 17.6 Å². The number of hydrogen-bond donors (Lipinski definition) is 2. The lowest BCUT2D eigenvalue weighted by Crippen LogP contribution is -2.56. The number of benzene rings is 1. The number of amides is 2. The highest BCUT2D eigenvalue weighted by Gasteiger charge is 2.41. The second kappa shape index (κ2) is 8.88. The highest BCUT2D eigenvalue weighted by Crippen LogP contribution is 2.38. The van der Waals surface area contributed by atoms with E-state index in [1.165, 1.54) is 24.0 Å². The maximum atomic E-state index is 15.1. The fourth-order valence-electron chi connectivity index (χ4n) is 6.15. The zero-order valence-electron chi connectivity index (χ0n) is 21.9. The van der Waals surface area contributed by atoms with Crippen molar-refractivity contribution < 1.29 is 23.5 Å². The summed E-state index contributed by atoms with van der Waals surface area (Å²) < 4.78 is 33.4. The van der Waals surface area contributed by atoms with Crippen LogP contribution in [0.3, 0.4) is 0 Å². The number of hydrogen-bond acceptors (Lipinski definition) is 5. The topological polar surface area (TPSA) is 95.1 Å². The standard InChI is InChI=1S/C29H28F2N6O3/c1-29(31)5-7-35(16-23(29)39)28(40)36-9-8-34-15-20(19-11-18(30)10-17(14-36)27(19)34)25-22(38)13-33-26(25)21-12-32-24-4-2-3-6-37(21)24/h2-4,6,10-12,15,23,33,39H,5,7-9,13-14,16H2,1H3. The van der Waals surface area contributed by atoms with Crippen molar-refractivity contribution in [2.45, 2.75) is 38.2 Å². The Balaban J connectivity index is 1.29. The monoisotopic (exact) mass is 546 g/mol. The molecule has 4 aromatic rings. The van der Waals surface area contributed by atoms with E-state index >= 15 is 4.39 Å². The number of halogens is 2. The average Bonchev–Trinajstić information content (AvgIpc) is 3.58. The lowest BCUT2D eigenvalue weighted by molar-refractivity contribution is -0.112. The summed E-state index contributed by atoms with van der Waals surface area (Å²) in [5.41, 5.74) is 2.91. The minimum Gasteiger partial charge on any atom is -0.388 e. The molecule has 2 atom stereocenters. The number of aliphatic hydroxyl groups excluding tert-OH is 1. The molecule has 6 heterocycles. The van der Waals surface area contributed by atoms with E-state index in [4.69, 9.17) is 0 Å². The van der Waals surface area contributed by atoms with Crippen LogP contribution >= 0.6 is 0 Å². The molecule has 1 aromatic carbocycles. The Morgan fingerprint density at radius 3 is 2.88 bits per heavy atom. The smallest absolute Gasteiger partial charge is 0.320 e. The number of alkyl halides is 1. The van der Waals surface area contributed by atoms with Gasteiger partial charge in [0.25, 0.3) is 0 Å². The van der Waals surface area contributed by atoms with Gasteiger partial charge >= 0.3 is 6.03 Å². The molecule has 0 radical (unpaired) electrons. The maximum Gasteiger partial charge on any atom is 0.320 e. The van der Waals surface area contributed by atoms with Gasteiger partial charge in [-0.25, -0.2) is 18.6 Å². The Bertz CT molecular complexity index is 1740. The van der Waals surface area contributed by atoms with Crippen molar-refractivity contribution in [2.75, 3.05) is 26.2 Å². The second-order valence-corrected chi connectivity index (χ2v) is 11.0. The van der Waals surface area contributed by atoms with Crippen LogP contribution in [0.25, 0.3) is 27.8 Å². The molecular formula is C29H28F2N6O3. The molecule has 2 unspecified atom stereocenters. The van der Waals surface area contributed by atoms with Crippen LogP contribution in [0.4, 0.5) is 13.6 Å². The molecule has 206 valence electrons. The largest absolute Gasteiger partial charge is 0.388 e. The first-order valence-corrected chi connectivity index (χ1v) is 13.4. The third kappa shape index (κ3) is 3.79. The first kappa shape index (κ1) is 24.8. The summed E-state index contributed by atoms with van der Waals surface area (Å²) in [6.45, 7) is 2.50. The first-order chi connectivity index (χ1) is 19.2. The second-order valence-electron chi connectivity index (χ2n) is 11.0. The third-order valence-electron chi connectivity index (χ3n) is 8.38. The van der Waals surface area contributed by atoms with Crippen LogP contribution in [-0.4, -0.2) is 78.6 Å². The van der Waals surface area contributed by atoms with Crippen LogP contribution in [-0.2, 0) is 17.9 Å². The molecule has 0 saturated carbocycles. The zero-order chi connectivity index (χ0) is 27.8. The van der Waals surface area contributed by atoms with Gasteiger partial charge in [-0.2, -0.15) is 0 Å². The highest BCUT2D eigenvalue weighted by atomic mass is 19.1. The number of piperidine rings is 1. The third-order valence-corrected chi connectivity index (χ3v) is 8.38. The van der Waals surface area contributed by atoms with E-state index in [1.54, 1.807) is 11.1 Å². The van der Waals surface area contributed by atoms with Crippen molar-refractivity contribution in [2.24, 2.45) is 0 Å². The first-order valence-electron chi connectivity index (χ1n) is 13.4. The minimum absolute atomic E-state index is 0.0489. The minimum atomic E-state index is -1.73. The number of urea groups is 1. The number of ketones is 1. The van der Waals surface area contributed by atoms with Crippen LogP contribution in [0.1, 0.15) is 30.2 Å². The van der Waals surface area contributed by atoms with Crippen LogP contribution < -0.4 is 5.32 Å². The Labute approximate surface area is 228 Å². The number of pyridine rings is 1. The van der Waals surface area contributed by atoms with Gasteiger partial charge in [-0.3, -0.25) is 9.20 Å². The predicted octanol–water partition coefficient (Wildman–Crippen LogP) is 3.20. The maximum absolute atomic E-state index is 15.1. The van der Waals surface area contributed by atoms with Gasteiger partial charge in [-0.1, -0.05) is 6.07 Å². The lowest BCUT2D eigenvalue weighted by Gasteiger charge is -2.40. The van der Waals surface area contributed by atoms with Crippen LogP contribution in [0, 0.1) is 5.82 Å². The molecule has 7 rings (SSSR count). The number of carbonyl (C=O) groups excluding carboxylic acids is 2. The van der Waals surface area contributed by atoms with Gasteiger partial charge in [-0.05, 0) is 36.8 Å². The zero-order valence-corrected chi connectivity index (χ0v) is 21.9. The van der Waals surface area contributed by atoms with Crippen molar-refractivity contribution in [1.82, 2.24) is 29.1 Å². The average molecular weight is 547 g/mol. The van der Waals surface area contributed by atoms with Gasteiger partial charge in [0, 0.05) is 55.9 Å². The number of aliphatic hydroxyl groups is 1. The summed E-state index contributed by atoms with van der Waals surface area (Å²) in [6, 6.07) is 8.22. The van der Waals surface area contributed by atoms with E-state index in [9.17, 15) is 19.1 Å². The van der Waals surface area contributed by atoms with Crippen molar-refractivity contribution in [3.8, 4) is 0 Å². The Kier molecular flexibility index (Phi) is 5.50. The Morgan fingerprint density at radius 1 is 1.20 bits per heavy atom. The van der Waals surface area contributed by atoms with Crippen molar-refractivity contribution >= 4 is 39.6 Å². The summed E-state index contributed by atoms with van der Waals surface area (Å²) in [5, 5.41) is 14.0. The summed E-state index contributed by atoms with van der Waals surface area (Å²) in [4.78, 5) is 34.2. The van der Waals surface area contributed by atoms with Crippen molar-refractivity contribution in [3.63, 3.8) is 0 Å². The van der Waals surface area contributed by atoms with Gasteiger partial charge in [0.1, 0.15) is 23.2 Å². The van der Waals surface area contributed by atoms with Gasteiger partial charge < -0.3 is 24.8 Å². The number of β-amino-alcohol motifs (C(OH)–C–C–N with tert-alkyl or cyclic N) is 1. The molecule has 0 aliphatic carbocycles. The molecule has 40 heavy (non-hydrogen) atoms. The molecule has 3 aliphatic heterocycles. The van der Waals surface area contributed by atoms with E-state index in [0.29, 0.717) is 40.9 Å². The number of imidazole rings is 1. The fourth-order valence-corrected chi connectivity index (χ4v) is 6.15. The molecule has 1 fully saturated rings. The Hall–Kier alpha value is -4.25. The number of fused-ring (bicyclic) bond motifs is 1. The lowest BCUT2D eigenvalue weighted by atomic mass is 9.93. The number of Topliss-reactive ketones (excluding diaryl/α,β-unsaturated/α-hetero) is 1. The van der Waals surface area contributed by atoms with E-state index in [-0.39, 0.29) is 44.4 Å². The van der Waals surface area contributed by atoms with Crippen LogP contribution in [0.2, 0.25) is 0 Å². The summed E-state index contributed by atoms with van der Waals surface area (Å²) in [7, 11) is 0. The summed E-state index contributed by atoms with van der Waals surface area (Å²) in [6.07, 6.45) is 4.25. The number of nitrogens with zero attached hydrogens (tertiary/aromatic N) is 5. The fraction of sp³-hybridized carbons (Fsp3) is 0.345. The number of nitrogens with one attached hydrogen (secondary N) is 1.